The lowest BCUT2D eigenvalue weighted by Crippen LogP contribution is -2.40. The van der Waals surface area contributed by atoms with Crippen molar-refractivity contribution in [1.82, 2.24) is 10.7 Å². The lowest BCUT2D eigenvalue weighted by molar-refractivity contribution is -0.137. The molecule has 2 aromatic carbocycles. The second-order valence-corrected chi connectivity index (χ2v) is 10.9. The van der Waals surface area contributed by atoms with E-state index >= 15 is 0 Å². The normalized spacial score (nSPS) is 12.9. The summed E-state index contributed by atoms with van der Waals surface area (Å²) in [5, 5.41) is 6.33. The Morgan fingerprint density at radius 2 is 1.76 bits per heavy atom. The summed E-state index contributed by atoms with van der Waals surface area (Å²) >= 11 is 3.16. The number of amides is 1. The number of benzene rings is 2. The van der Waals surface area contributed by atoms with Crippen molar-refractivity contribution in [3.8, 4) is 11.1 Å². The van der Waals surface area contributed by atoms with Crippen molar-refractivity contribution in [3.63, 3.8) is 0 Å². The van der Waals surface area contributed by atoms with Crippen molar-refractivity contribution >= 4 is 34.8 Å². The van der Waals surface area contributed by atoms with E-state index in [1.54, 1.807) is 17.8 Å². The Balaban J connectivity index is 1.79. The fourth-order valence-corrected chi connectivity index (χ4v) is 6.59. The van der Waals surface area contributed by atoms with Crippen molar-refractivity contribution in [2.75, 3.05) is 6.54 Å². The van der Waals surface area contributed by atoms with Gasteiger partial charge in [-0.05, 0) is 78.9 Å². The number of thiophene rings is 1. The molecule has 1 amide bonds. The Morgan fingerprint density at radius 1 is 1.11 bits per heavy atom. The number of hydrazone groups is 1. The van der Waals surface area contributed by atoms with E-state index in [2.05, 4.69) is 34.9 Å². The van der Waals surface area contributed by atoms with Crippen LogP contribution >= 0.6 is 23.1 Å². The van der Waals surface area contributed by atoms with E-state index in [0.29, 0.717) is 4.88 Å². The third kappa shape index (κ3) is 7.27. The van der Waals surface area contributed by atoms with Gasteiger partial charge in [0.05, 0.1) is 17.0 Å². The number of nitrogens with two attached hydrogens (primary N) is 2. The molecule has 0 aliphatic rings. The van der Waals surface area contributed by atoms with Gasteiger partial charge in [-0.25, -0.2) is 5.84 Å². The lowest BCUT2D eigenvalue weighted by Gasteiger charge is -2.18. The Bertz CT molecular complexity index is 1230. The van der Waals surface area contributed by atoms with Gasteiger partial charge in [-0.2, -0.15) is 18.3 Å². The van der Waals surface area contributed by atoms with E-state index < -0.39 is 11.7 Å². The highest BCUT2D eigenvalue weighted by molar-refractivity contribution is 7.99. The quantitative estimate of drug-likeness (QED) is 0.0843. The summed E-state index contributed by atoms with van der Waals surface area (Å²) in [6.45, 7) is 6.16. The highest BCUT2D eigenvalue weighted by Gasteiger charge is 2.30. The first-order chi connectivity index (χ1) is 17.6. The summed E-state index contributed by atoms with van der Waals surface area (Å²) in [7, 11) is 0. The first kappa shape index (κ1) is 28.5. The molecule has 0 saturated heterocycles. The number of carbonyl (C=O) groups is 1. The first-order valence-corrected chi connectivity index (χ1v) is 13.3. The van der Waals surface area contributed by atoms with Gasteiger partial charge in [0.2, 0.25) is 0 Å². The molecule has 1 aromatic heterocycles. The fraction of sp³-hybridized carbons (Fsp3) is 0.308. The number of carbonyl (C=O) groups excluding carboxylic acids is 1. The average molecular weight is 550 g/mol. The highest BCUT2D eigenvalue weighted by Crippen LogP contribution is 2.43. The number of nitrogens with one attached hydrogen (secondary N) is 2. The number of hydrogen-bond acceptors (Lipinski definition) is 6. The summed E-state index contributed by atoms with van der Waals surface area (Å²) in [4.78, 5) is 15.3. The van der Waals surface area contributed by atoms with E-state index in [1.165, 1.54) is 23.5 Å². The van der Waals surface area contributed by atoms with Crippen LogP contribution in [-0.2, 0) is 6.18 Å². The maximum atomic E-state index is 13.0. The predicted octanol–water partition coefficient (Wildman–Crippen LogP) is 6.15. The number of amidine groups is 1. The van der Waals surface area contributed by atoms with Crippen LogP contribution in [0, 0.1) is 13.8 Å². The SMILES string of the molecule is CCCC(Sc1cc(C)c(-c2ccc(C(F)(F)F)cc2)c(C)c1)c1ccc(C(=O)NC/C(=N/N)NN)s1. The van der Waals surface area contributed by atoms with Gasteiger partial charge in [0.25, 0.3) is 5.91 Å². The second kappa shape index (κ2) is 12.5. The Labute approximate surface area is 222 Å². The standard InChI is InChI=1S/C26H30F3N5OS2/c1-4-5-20(21-10-11-22(37-21)25(35)32-14-23(33-30)34-31)36-19-12-15(2)24(16(3)13-19)17-6-8-18(9-7-17)26(27,28)29/h6-13,20H,4-5,14,30-31H2,1-3H3,(H,32,35)(H,33,34). The summed E-state index contributed by atoms with van der Waals surface area (Å²) in [6.07, 6.45) is -2.47. The molecule has 11 heteroatoms. The zero-order valence-electron chi connectivity index (χ0n) is 20.8. The van der Waals surface area contributed by atoms with Gasteiger partial charge >= 0.3 is 6.18 Å². The molecular weight excluding hydrogens is 519 g/mol. The van der Waals surface area contributed by atoms with Gasteiger partial charge < -0.3 is 16.6 Å². The number of thioether (sulfide) groups is 1. The van der Waals surface area contributed by atoms with Crippen molar-refractivity contribution < 1.29 is 18.0 Å². The number of aryl methyl sites for hydroxylation is 2. The van der Waals surface area contributed by atoms with Crippen LogP contribution in [0.4, 0.5) is 13.2 Å². The molecule has 3 rings (SSSR count). The summed E-state index contributed by atoms with van der Waals surface area (Å²) < 4.78 is 38.9. The van der Waals surface area contributed by atoms with E-state index in [4.69, 9.17) is 11.7 Å². The summed E-state index contributed by atoms with van der Waals surface area (Å²) in [6, 6.07) is 13.2. The molecular formula is C26H30F3N5OS2. The molecule has 0 aliphatic carbocycles. The average Bonchev–Trinajstić information content (AvgIpc) is 3.34. The van der Waals surface area contributed by atoms with Crippen molar-refractivity contribution in [2.45, 2.75) is 49.9 Å². The molecule has 198 valence electrons. The highest BCUT2D eigenvalue weighted by atomic mass is 32.2. The molecule has 6 nitrogen and oxygen atoms in total. The molecule has 6 N–H and O–H groups in total. The topological polar surface area (TPSA) is 106 Å². The zero-order chi connectivity index (χ0) is 27.2. The third-order valence-corrected chi connectivity index (χ3v) is 8.37. The van der Waals surface area contributed by atoms with Crippen LogP contribution in [0.15, 0.2) is 58.5 Å². The molecule has 0 fully saturated rings. The van der Waals surface area contributed by atoms with Gasteiger partial charge in [-0.15, -0.1) is 23.1 Å². The molecule has 3 aromatic rings. The van der Waals surface area contributed by atoms with Crippen molar-refractivity contribution in [3.05, 3.63) is 75.0 Å². The Morgan fingerprint density at radius 3 is 2.30 bits per heavy atom. The van der Waals surface area contributed by atoms with Crippen LogP contribution in [0.1, 0.15) is 56.3 Å². The van der Waals surface area contributed by atoms with Crippen molar-refractivity contribution in [2.24, 2.45) is 16.8 Å². The second-order valence-electron chi connectivity index (χ2n) is 8.51. The van der Waals surface area contributed by atoms with Crippen molar-refractivity contribution in [1.29, 1.82) is 0 Å². The number of halogens is 3. The van der Waals surface area contributed by atoms with Crippen LogP contribution in [0.5, 0.6) is 0 Å². The van der Waals surface area contributed by atoms with Crippen LogP contribution in [-0.4, -0.2) is 18.3 Å². The summed E-state index contributed by atoms with van der Waals surface area (Å²) in [5.74, 6) is 10.5. The van der Waals surface area contributed by atoms with E-state index in [-0.39, 0.29) is 23.5 Å². The van der Waals surface area contributed by atoms with E-state index in [9.17, 15) is 18.0 Å². The molecule has 0 saturated carbocycles. The molecule has 0 spiro atoms. The largest absolute Gasteiger partial charge is 0.416 e. The Kier molecular flexibility index (Phi) is 9.63. The minimum Gasteiger partial charge on any atom is -0.344 e. The number of rotatable bonds is 9. The van der Waals surface area contributed by atoms with Crippen LogP contribution < -0.4 is 22.4 Å². The molecule has 0 bridgehead atoms. The zero-order valence-corrected chi connectivity index (χ0v) is 22.4. The van der Waals surface area contributed by atoms with E-state index in [1.807, 2.05) is 19.9 Å². The predicted molar refractivity (Wildman–Crippen MR) is 145 cm³/mol. The maximum Gasteiger partial charge on any atom is 0.416 e. The molecule has 1 atom stereocenters. The van der Waals surface area contributed by atoms with Crippen LogP contribution in [0.25, 0.3) is 11.1 Å². The minimum atomic E-state index is -4.36. The minimum absolute atomic E-state index is 0.0933. The van der Waals surface area contributed by atoms with Gasteiger partial charge in [0.15, 0.2) is 5.84 Å². The number of hydrogen-bond donors (Lipinski definition) is 4. The van der Waals surface area contributed by atoms with Gasteiger partial charge in [-0.3, -0.25) is 4.79 Å². The first-order valence-electron chi connectivity index (χ1n) is 11.6. The lowest BCUT2D eigenvalue weighted by atomic mass is 9.95. The molecule has 0 radical (unpaired) electrons. The maximum absolute atomic E-state index is 13.0. The van der Waals surface area contributed by atoms with Gasteiger partial charge in [0.1, 0.15) is 0 Å². The van der Waals surface area contributed by atoms with Crippen LogP contribution in [0.3, 0.4) is 0 Å². The van der Waals surface area contributed by atoms with E-state index in [0.717, 1.165) is 57.0 Å². The molecule has 1 heterocycles. The van der Waals surface area contributed by atoms with Crippen LogP contribution in [0.2, 0.25) is 0 Å². The smallest absolute Gasteiger partial charge is 0.344 e. The summed E-state index contributed by atoms with van der Waals surface area (Å²) in [5.41, 5.74) is 5.35. The number of nitrogens with zero attached hydrogens (tertiary/aromatic N) is 1. The van der Waals surface area contributed by atoms with Gasteiger partial charge in [0, 0.05) is 15.0 Å². The molecule has 1 unspecified atom stereocenters. The number of hydrazine groups is 1. The number of alkyl halides is 3. The van der Waals surface area contributed by atoms with Gasteiger partial charge in [-0.1, -0.05) is 25.5 Å². The Hall–Kier alpha value is -3.02. The molecule has 0 aliphatic heterocycles. The molecule has 37 heavy (non-hydrogen) atoms. The fourth-order valence-electron chi connectivity index (χ4n) is 3.99. The monoisotopic (exact) mass is 549 g/mol. The third-order valence-electron chi connectivity index (χ3n) is 5.74.